The number of aliphatic imine (C=N–C) groups is 1. The number of thiazole rings is 1. The summed E-state index contributed by atoms with van der Waals surface area (Å²) in [5.74, 6) is 1.22. The van der Waals surface area contributed by atoms with Crippen molar-refractivity contribution in [3.63, 3.8) is 0 Å². The van der Waals surface area contributed by atoms with Gasteiger partial charge < -0.3 is 5.11 Å². The predicted molar refractivity (Wildman–Crippen MR) is 113 cm³/mol. The van der Waals surface area contributed by atoms with Gasteiger partial charge in [-0.1, -0.05) is 23.5 Å². The zero-order chi connectivity index (χ0) is 19.9. The zero-order valence-corrected chi connectivity index (χ0v) is 17.6. The molecular weight excluding hydrogens is 438 g/mol. The van der Waals surface area contributed by atoms with Gasteiger partial charge in [-0.05, 0) is 75.5 Å². The molecule has 5 rings (SSSR count). The van der Waals surface area contributed by atoms with E-state index in [1.807, 2.05) is 63.9 Å². The average Bonchev–Trinajstić information content (AvgIpc) is 3.54. The zero-order valence-electron chi connectivity index (χ0n) is 15.7. The Kier molecular flexibility index (Phi) is 8.61. The normalized spacial score (nSPS) is 16.4. The third-order valence-corrected chi connectivity index (χ3v) is 4.86. The Labute approximate surface area is 192 Å². The number of hydrogen-bond acceptors (Lipinski definition) is 6. The molecule has 0 amide bonds. The molecule has 2 aromatic heterocycles. The molecular formula is C22H17FeN5OS+2. The summed E-state index contributed by atoms with van der Waals surface area (Å²) < 4.78 is 1.69. The van der Waals surface area contributed by atoms with E-state index in [2.05, 4.69) is 20.1 Å². The first-order chi connectivity index (χ1) is 14.3. The van der Waals surface area contributed by atoms with Crippen molar-refractivity contribution in [2.45, 2.75) is 0 Å². The summed E-state index contributed by atoms with van der Waals surface area (Å²) in [6.07, 6.45) is 22.7. The maximum absolute atomic E-state index is 9.52. The van der Waals surface area contributed by atoms with Crippen LogP contribution in [0.1, 0.15) is 11.3 Å². The molecule has 0 spiro atoms. The van der Waals surface area contributed by atoms with Gasteiger partial charge in [-0.2, -0.15) is 5.10 Å². The maximum atomic E-state index is 9.52. The molecule has 3 aromatic rings. The molecule has 0 saturated heterocycles. The minimum Gasteiger partial charge on any atom is -0.508 e. The summed E-state index contributed by atoms with van der Waals surface area (Å²) in [5, 5.41) is 15.2. The van der Waals surface area contributed by atoms with E-state index in [9.17, 15) is 5.11 Å². The summed E-state index contributed by atoms with van der Waals surface area (Å²) >= 11 is 1.43. The van der Waals surface area contributed by atoms with E-state index in [1.165, 1.54) is 17.7 Å². The van der Waals surface area contributed by atoms with Crippen LogP contribution in [-0.4, -0.2) is 31.1 Å². The summed E-state index contributed by atoms with van der Waals surface area (Å²) in [4.78, 5) is 13.0. The summed E-state index contributed by atoms with van der Waals surface area (Å²) in [6.45, 7) is 0. The fourth-order valence-electron chi connectivity index (χ4n) is 2.60. The summed E-state index contributed by atoms with van der Waals surface area (Å²) in [6, 6.07) is 6.91. The van der Waals surface area contributed by atoms with E-state index < -0.39 is 0 Å². The topological polar surface area (TPSA) is 76.2 Å². The van der Waals surface area contributed by atoms with Gasteiger partial charge in [0.2, 0.25) is 5.13 Å². The number of benzene rings is 1. The van der Waals surface area contributed by atoms with Crippen LogP contribution in [0.15, 0.2) is 41.9 Å². The van der Waals surface area contributed by atoms with Crippen molar-refractivity contribution in [3.8, 4) is 10.8 Å². The molecule has 0 bridgehead atoms. The number of phenolic OH excluding ortho intramolecular Hbond substituents is 1. The Balaban J connectivity index is 0.000000376. The molecule has 148 valence electrons. The van der Waals surface area contributed by atoms with Crippen molar-refractivity contribution in [1.82, 2.24) is 19.7 Å². The van der Waals surface area contributed by atoms with Gasteiger partial charge in [-0.3, -0.25) is 0 Å². The Bertz CT molecular complexity index is 923. The van der Waals surface area contributed by atoms with Crippen molar-refractivity contribution < 1.29 is 22.2 Å². The monoisotopic (exact) mass is 455 g/mol. The first kappa shape index (κ1) is 22.7. The Morgan fingerprint density at radius 2 is 1.73 bits per heavy atom. The van der Waals surface area contributed by atoms with Crippen LogP contribution in [0.5, 0.6) is 5.75 Å². The van der Waals surface area contributed by atoms with E-state index >= 15 is 0 Å². The van der Waals surface area contributed by atoms with Gasteiger partial charge in [-0.15, -0.1) is 0 Å². The van der Waals surface area contributed by atoms with Crippen LogP contribution in [0.3, 0.4) is 0 Å². The largest absolute Gasteiger partial charge is 2.00 e. The van der Waals surface area contributed by atoms with E-state index in [4.69, 9.17) is 0 Å². The van der Waals surface area contributed by atoms with Crippen molar-refractivity contribution in [2.24, 2.45) is 4.99 Å². The van der Waals surface area contributed by atoms with E-state index in [1.54, 1.807) is 35.4 Å². The van der Waals surface area contributed by atoms with Gasteiger partial charge in [0.1, 0.15) is 23.4 Å². The molecule has 10 radical (unpaired) electrons. The quantitative estimate of drug-likeness (QED) is 0.478. The molecule has 2 heterocycles. The molecule has 1 aromatic carbocycles. The second kappa shape index (κ2) is 11.4. The van der Waals surface area contributed by atoms with Crippen molar-refractivity contribution in [3.05, 3.63) is 112 Å². The van der Waals surface area contributed by atoms with Gasteiger partial charge in [0.15, 0.2) is 0 Å². The number of hydrogen-bond donors (Lipinski definition) is 1. The van der Waals surface area contributed by atoms with E-state index in [-0.39, 0.29) is 22.8 Å². The molecule has 2 aliphatic rings. The number of nitrogens with zero attached hydrogens (tertiary/aromatic N) is 5. The van der Waals surface area contributed by atoms with Crippen LogP contribution in [0, 0.1) is 63.7 Å². The molecule has 0 atom stereocenters. The minimum atomic E-state index is 0. The summed E-state index contributed by atoms with van der Waals surface area (Å²) in [5.41, 5.74) is 1.63. The molecule has 2 fully saturated rings. The fourth-order valence-corrected chi connectivity index (χ4v) is 3.46. The van der Waals surface area contributed by atoms with Crippen LogP contribution >= 0.6 is 11.3 Å². The third-order valence-electron chi connectivity index (χ3n) is 3.91. The molecule has 2 saturated carbocycles. The number of phenols is 1. The second-order valence-electron chi connectivity index (χ2n) is 5.98. The Hall–Kier alpha value is -2.02. The Morgan fingerprint density at radius 3 is 2.37 bits per heavy atom. The van der Waals surface area contributed by atoms with Crippen molar-refractivity contribution >= 4 is 22.7 Å². The molecule has 8 heteroatoms. The molecule has 2 aliphatic carbocycles. The van der Waals surface area contributed by atoms with Gasteiger partial charge >= 0.3 is 17.1 Å². The first-order valence-electron chi connectivity index (χ1n) is 8.87. The van der Waals surface area contributed by atoms with Gasteiger partial charge in [0.25, 0.3) is 0 Å². The van der Waals surface area contributed by atoms with Crippen LogP contribution < -0.4 is 0 Å². The van der Waals surface area contributed by atoms with Crippen LogP contribution in [-0.2, 0) is 17.1 Å². The minimum absolute atomic E-state index is 0. The van der Waals surface area contributed by atoms with Gasteiger partial charge in [0.05, 0.1) is 5.69 Å². The van der Waals surface area contributed by atoms with Crippen LogP contribution in [0.2, 0.25) is 0 Å². The van der Waals surface area contributed by atoms with Crippen LogP contribution in [0.4, 0.5) is 5.13 Å². The number of aromatic nitrogens is 4. The fraction of sp³-hybridized carbons (Fsp3) is 0. The predicted octanol–water partition coefficient (Wildman–Crippen LogP) is 3.95. The standard InChI is InChI=1S/C17H12N5OS.C5H5.Fe/c23-14-7-3-4-12(8-14)9-19-17-21-15(13-5-1-2-6-13)16(24-17)22-11-18-10-20-22;1-2-4-5-3-1;/h1-11,23H;1-5H;/q;;+2/b19-9+;;. The molecule has 0 aliphatic heterocycles. The summed E-state index contributed by atoms with van der Waals surface area (Å²) in [7, 11) is 0. The average molecular weight is 455 g/mol. The number of rotatable bonds is 4. The van der Waals surface area contributed by atoms with Crippen molar-refractivity contribution in [2.75, 3.05) is 0 Å². The SMILES string of the molecule is Oc1cccc(/C=N/c2nc([C]3[CH][CH][CH][CH]3)c(-n3cncn3)s2)c1.[CH]1[CH][CH][CH][CH]1.[Fe+2]. The van der Waals surface area contributed by atoms with Crippen molar-refractivity contribution in [1.29, 1.82) is 0 Å². The second-order valence-corrected chi connectivity index (χ2v) is 6.94. The van der Waals surface area contributed by atoms with Crippen LogP contribution in [0.25, 0.3) is 5.00 Å². The molecule has 0 unspecified atom stereocenters. The van der Waals surface area contributed by atoms with Gasteiger partial charge in [-0.25, -0.2) is 19.6 Å². The number of aromatic hydroxyl groups is 1. The molecule has 1 N–H and O–H groups in total. The first-order valence-corrected chi connectivity index (χ1v) is 9.69. The molecule has 30 heavy (non-hydrogen) atoms. The van der Waals surface area contributed by atoms with Gasteiger partial charge in [0, 0.05) is 12.1 Å². The van der Waals surface area contributed by atoms with E-state index in [0.29, 0.717) is 5.13 Å². The third kappa shape index (κ3) is 6.00. The molecule has 6 nitrogen and oxygen atoms in total. The van der Waals surface area contributed by atoms with E-state index in [0.717, 1.165) is 22.2 Å². The Morgan fingerprint density at radius 1 is 1.00 bits per heavy atom. The maximum Gasteiger partial charge on any atom is 2.00 e. The smallest absolute Gasteiger partial charge is 0.508 e.